The van der Waals surface area contributed by atoms with E-state index in [0.29, 0.717) is 5.52 Å². The maximum absolute atomic E-state index is 8.34. The highest BCUT2D eigenvalue weighted by atomic mass is 15.1. The van der Waals surface area contributed by atoms with Crippen molar-refractivity contribution in [1.82, 2.24) is 14.1 Å². The number of aryl methyl sites for hydroxylation is 2. The first kappa shape index (κ1) is 28.5. The van der Waals surface area contributed by atoms with Crippen molar-refractivity contribution >= 4 is 32.8 Å². The van der Waals surface area contributed by atoms with Gasteiger partial charge in [0, 0.05) is 17.0 Å². The lowest BCUT2D eigenvalue weighted by Crippen LogP contribution is -2.29. The molecule has 4 heteroatoms. The fourth-order valence-electron chi connectivity index (χ4n) is 9.29. The van der Waals surface area contributed by atoms with E-state index in [1.54, 1.807) is 6.33 Å². The van der Waals surface area contributed by atoms with Crippen molar-refractivity contribution < 1.29 is 8.68 Å². The number of aromatic nitrogens is 4. The van der Waals surface area contributed by atoms with Gasteiger partial charge in [0.15, 0.2) is 11.0 Å². The third-order valence-corrected chi connectivity index (χ3v) is 11.7. The van der Waals surface area contributed by atoms with Crippen LogP contribution in [0.2, 0.25) is 0 Å². The van der Waals surface area contributed by atoms with Crippen LogP contribution in [0.25, 0.3) is 66.6 Å². The lowest BCUT2D eigenvalue weighted by molar-refractivity contribution is -0.645. The summed E-state index contributed by atoms with van der Waals surface area (Å²) in [6.45, 7) is -0.187. The van der Waals surface area contributed by atoms with Crippen LogP contribution in [0.1, 0.15) is 31.9 Å². The molecule has 0 spiro atoms. The zero-order valence-electron chi connectivity index (χ0n) is 33.2. The van der Waals surface area contributed by atoms with E-state index in [9.17, 15) is 0 Å². The minimum atomic E-state index is -2.34. The quantitative estimate of drug-likeness (QED) is 0.164. The van der Waals surface area contributed by atoms with Crippen LogP contribution >= 0.6 is 0 Å². The van der Waals surface area contributed by atoms with Gasteiger partial charge in [-0.1, -0.05) is 127 Å². The number of hydrogen-bond donors (Lipinski definition) is 0. The van der Waals surface area contributed by atoms with Gasteiger partial charge in [-0.05, 0) is 106 Å². The van der Waals surface area contributed by atoms with Crippen LogP contribution < -0.4 is 4.57 Å². The average Bonchev–Trinajstić information content (AvgIpc) is 3.91. The van der Waals surface area contributed by atoms with E-state index in [0.717, 1.165) is 55.5 Å². The van der Waals surface area contributed by atoms with E-state index < -0.39 is 12.4 Å². The molecule has 7 aromatic carbocycles. The highest BCUT2D eigenvalue weighted by molar-refractivity contribution is 6.09. The molecule has 1 aliphatic carbocycles. The molecule has 10 aromatic rings. The number of benzene rings is 7. The average molecular weight is 709 g/mol. The fourth-order valence-corrected chi connectivity index (χ4v) is 9.29. The van der Waals surface area contributed by atoms with Gasteiger partial charge in [0.2, 0.25) is 6.33 Å². The molecule has 0 aliphatic heterocycles. The van der Waals surface area contributed by atoms with Gasteiger partial charge in [-0.3, -0.25) is 4.57 Å². The van der Waals surface area contributed by atoms with Gasteiger partial charge in [0.05, 0.1) is 27.5 Å². The van der Waals surface area contributed by atoms with Crippen molar-refractivity contribution in [2.24, 2.45) is 6.98 Å². The number of nitrogens with zero attached hydrogens (tertiary/aromatic N) is 4. The molecular weight excluding hydrogens is 669 g/mol. The molecule has 0 fully saturated rings. The van der Waals surface area contributed by atoms with E-state index in [2.05, 4.69) is 163 Å². The summed E-state index contributed by atoms with van der Waals surface area (Å²) in [4.78, 5) is 5.02. The summed E-state index contributed by atoms with van der Waals surface area (Å²) < 4.78 is 30.7. The molecule has 0 atom stereocenters. The standard InChI is InChI=1S/C51H37N4/c1-34-14-3-4-17-39(34)35-28-29-52-50(30-35)55-46-23-10-7-20-42(46)43-27-26-37(32-49(43)55)51(44-21-8-5-18-40(44)41-19-6-9-22-45(41)51)36-15-13-16-38(31-36)54-33-53(2)47-24-11-12-25-48(47)54/h3-33H,1-2H3/q+1/i2D3. The number of hydrogen-bond acceptors (Lipinski definition) is 1. The zero-order valence-corrected chi connectivity index (χ0v) is 30.2. The summed E-state index contributed by atoms with van der Waals surface area (Å²) in [5.41, 5.74) is 14.3. The zero-order chi connectivity index (χ0) is 39.2. The first-order valence-corrected chi connectivity index (χ1v) is 18.7. The molecule has 3 aromatic heterocycles. The minimum Gasteiger partial charge on any atom is -0.294 e. The van der Waals surface area contributed by atoms with Crippen molar-refractivity contribution in [3.8, 4) is 33.8 Å². The Labute approximate surface area is 324 Å². The molecule has 0 N–H and O–H groups in total. The largest absolute Gasteiger partial charge is 0.294 e. The Morgan fingerprint density at radius 1 is 0.564 bits per heavy atom. The van der Waals surface area contributed by atoms with Gasteiger partial charge in [0.1, 0.15) is 11.5 Å². The van der Waals surface area contributed by atoms with Gasteiger partial charge >= 0.3 is 0 Å². The molecule has 0 unspecified atom stereocenters. The lowest BCUT2D eigenvalue weighted by atomic mass is 9.67. The summed E-state index contributed by atoms with van der Waals surface area (Å²) in [5.74, 6) is 0.856. The van der Waals surface area contributed by atoms with Crippen molar-refractivity contribution in [2.75, 3.05) is 0 Å². The van der Waals surface area contributed by atoms with E-state index in [1.165, 1.54) is 37.9 Å². The maximum atomic E-state index is 8.34. The molecule has 0 bridgehead atoms. The smallest absolute Gasteiger partial charge is 0.249 e. The van der Waals surface area contributed by atoms with Gasteiger partial charge in [-0.2, -0.15) is 4.57 Å². The first-order valence-electron chi connectivity index (χ1n) is 20.2. The van der Waals surface area contributed by atoms with Gasteiger partial charge in [-0.25, -0.2) is 9.55 Å². The Bertz CT molecular complexity index is 3220. The van der Waals surface area contributed by atoms with Crippen LogP contribution in [0.15, 0.2) is 188 Å². The predicted octanol–water partition coefficient (Wildman–Crippen LogP) is 11.3. The summed E-state index contributed by atoms with van der Waals surface area (Å²) in [7, 11) is 0. The number of fused-ring (bicyclic) bond motifs is 7. The van der Waals surface area contributed by atoms with Crippen molar-refractivity contribution in [2.45, 2.75) is 12.3 Å². The SMILES string of the molecule is [2H]C([2H])([2H])[n+]1cn(-c2cccc(C3(c4ccc5c6ccccc6n(-c6cc(-c7ccccc7C)ccn6)c5c4)c4ccccc4-c4ccccc43)c2)c2ccccc21. The molecule has 3 heterocycles. The van der Waals surface area contributed by atoms with E-state index in [4.69, 9.17) is 9.10 Å². The molecule has 0 saturated heterocycles. The third-order valence-electron chi connectivity index (χ3n) is 11.7. The first-order chi connectivity index (χ1) is 28.3. The van der Waals surface area contributed by atoms with Crippen LogP contribution in [0.5, 0.6) is 0 Å². The van der Waals surface area contributed by atoms with Gasteiger partial charge in [0.25, 0.3) is 0 Å². The Morgan fingerprint density at radius 2 is 1.24 bits per heavy atom. The number of pyridine rings is 1. The second-order valence-electron chi connectivity index (χ2n) is 14.5. The molecule has 11 rings (SSSR count). The monoisotopic (exact) mass is 708 g/mol. The summed E-state index contributed by atoms with van der Waals surface area (Å²) in [6.07, 6.45) is 3.63. The van der Waals surface area contributed by atoms with Crippen LogP contribution in [-0.4, -0.2) is 14.1 Å². The van der Waals surface area contributed by atoms with Crippen LogP contribution in [0, 0.1) is 6.92 Å². The molecule has 1 aliphatic rings. The van der Waals surface area contributed by atoms with Gasteiger partial charge in [-0.15, -0.1) is 0 Å². The molecular formula is C51H37N4+. The van der Waals surface area contributed by atoms with Crippen LogP contribution in [0.4, 0.5) is 0 Å². The van der Waals surface area contributed by atoms with Gasteiger partial charge < -0.3 is 0 Å². The summed E-state index contributed by atoms with van der Waals surface area (Å²) in [6, 6.07) is 62.1. The number of imidazole rings is 1. The highest BCUT2D eigenvalue weighted by Crippen LogP contribution is 2.56. The number of para-hydroxylation sites is 3. The lowest BCUT2D eigenvalue weighted by Gasteiger charge is -2.34. The number of rotatable bonds is 5. The summed E-state index contributed by atoms with van der Waals surface area (Å²) in [5, 5.41) is 2.32. The molecule has 55 heavy (non-hydrogen) atoms. The summed E-state index contributed by atoms with van der Waals surface area (Å²) >= 11 is 0. The van der Waals surface area contributed by atoms with E-state index in [-0.39, 0.29) is 0 Å². The van der Waals surface area contributed by atoms with Crippen LogP contribution in [0.3, 0.4) is 0 Å². The van der Waals surface area contributed by atoms with Crippen molar-refractivity contribution in [3.63, 3.8) is 0 Å². The topological polar surface area (TPSA) is 26.6 Å². The van der Waals surface area contributed by atoms with Crippen LogP contribution in [-0.2, 0) is 12.4 Å². The second-order valence-corrected chi connectivity index (χ2v) is 14.5. The molecule has 0 radical (unpaired) electrons. The minimum absolute atomic E-state index is 0.651. The fraction of sp³-hybridized carbons (Fsp3) is 0.0588. The van der Waals surface area contributed by atoms with E-state index >= 15 is 0 Å². The molecule has 0 amide bonds. The predicted molar refractivity (Wildman–Crippen MR) is 224 cm³/mol. The Balaban J connectivity index is 1.20. The molecule has 4 nitrogen and oxygen atoms in total. The molecule has 260 valence electrons. The van der Waals surface area contributed by atoms with E-state index in [1.807, 2.05) is 35.0 Å². The Kier molecular flexibility index (Phi) is 6.20. The molecule has 0 saturated carbocycles. The Morgan fingerprint density at radius 3 is 2.04 bits per heavy atom. The van der Waals surface area contributed by atoms with Crippen molar-refractivity contribution in [1.29, 1.82) is 0 Å². The van der Waals surface area contributed by atoms with Crippen molar-refractivity contribution in [3.05, 3.63) is 216 Å². The normalized spacial score (nSPS) is 14.1. The maximum Gasteiger partial charge on any atom is 0.249 e. The highest BCUT2D eigenvalue weighted by Gasteiger charge is 2.46. The Hall–Kier alpha value is -7.04. The third kappa shape index (κ3) is 4.52. The second kappa shape index (κ2) is 12.0.